The molecule has 9 heteroatoms. The van der Waals surface area contributed by atoms with E-state index in [4.69, 9.17) is 0 Å². The van der Waals surface area contributed by atoms with E-state index in [2.05, 4.69) is 14.6 Å². The Morgan fingerprint density at radius 1 is 1.07 bits per heavy atom. The van der Waals surface area contributed by atoms with Crippen LogP contribution in [0.25, 0.3) is 0 Å². The van der Waals surface area contributed by atoms with E-state index < -0.39 is 6.36 Å². The van der Waals surface area contributed by atoms with Crippen LogP contribution in [0.5, 0.6) is 5.75 Å². The van der Waals surface area contributed by atoms with Crippen LogP contribution in [0.4, 0.5) is 13.2 Å². The average molecular weight is 425 g/mol. The lowest BCUT2D eigenvalue weighted by molar-refractivity contribution is -0.274. The Morgan fingerprint density at radius 2 is 1.79 bits per heavy atom. The number of thioether (sulfide) groups is 1. The Bertz CT molecular complexity index is 780. The molecule has 0 aliphatic carbocycles. The van der Waals surface area contributed by atoms with Gasteiger partial charge in [0.1, 0.15) is 5.75 Å². The van der Waals surface area contributed by atoms with E-state index in [1.165, 1.54) is 12.1 Å². The SMILES string of the molecule is O=C(CSCc1cccnc1)N1CCN(Cc2ccc(OC(F)(F)F)cc2)CC1. The molecular formula is C20H22F3N3O2S. The number of carbonyl (C=O) groups is 1. The molecule has 2 heterocycles. The van der Waals surface area contributed by atoms with E-state index in [-0.39, 0.29) is 11.7 Å². The normalized spacial score (nSPS) is 15.3. The predicted molar refractivity (Wildman–Crippen MR) is 105 cm³/mol. The number of pyridine rings is 1. The summed E-state index contributed by atoms with van der Waals surface area (Å²) in [5.74, 6) is 1.11. The first-order valence-corrected chi connectivity index (χ1v) is 10.4. The van der Waals surface area contributed by atoms with E-state index >= 15 is 0 Å². The number of rotatable bonds is 7. The van der Waals surface area contributed by atoms with Gasteiger partial charge in [-0.05, 0) is 29.3 Å². The van der Waals surface area contributed by atoms with Gasteiger partial charge in [-0.1, -0.05) is 18.2 Å². The number of aromatic nitrogens is 1. The molecule has 1 aromatic carbocycles. The van der Waals surface area contributed by atoms with Crippen molar-refractivity contribution in [2.24, 2.45) is 0 Å². The van der Waals surface area contributed by atoms with Crippen molar-refractivity contribution in [3.63, 3.8) is 0 Å². The number of alkyl halides is 3. The molecule has 29 heavy (non-hydrogen) atoms. The molecule has 0 saturated carbocycles. The highest BCUT2D eigenvalue weighted by Crippen LogP contribution is 2.23. The third kappa shape index (κ3) is 7.25. The van der Waals surface area contributed by atoms with Gasteiger partial charge >= 0.3 is 6.36 Å². The third-order valence-corrected chi connectivity index (χ3v) is 5.49. The smallest absolute Gasteiger partial charge is 0.406 e. The van der Waals surface area contributed by atoms with Gasteiger partial charge in [0.25, 0.3) is 0 Å². The lowest BCUT2D eigenvalue weighted by Crippen LogP contribution is -2.48. The molecule has 0 bridgehead atoms. The summed E-state index contributed by atoms with van der Waals surface area (Å²) in [5.41, 5.74) is 2.01. The molecule has 5 nitrogen and oxygen atoms in total. The molecule has 1 fully saturated rings. The Balaban J connectivity index is 1.38. The highest BCUT2D eigenvalue weighted by molar-refractivity contribution is 7.99. The van der Waals surface area contributed by atoms with Crippen molar-refractivity contribution in [3.05, 3.63) is 59.9 Å². The fourth-order valence-corrected chi connectivity index (χ4v) is 3.91. The first-order chi connectivity index (χ1) is 13.9. The summed E-state index contributed by atoms with van der Waals surface area (Å²) in [7, 11) is 0. The van der Waals surface area contributed by atoms with Crippen LogP contribution >= 0.6 is 11.8 Å². The summed E-state index contributed by atoms with van der Waals surface area (Å²) < 4.78 is 40.5. The maximum absolute atomic E-state index is 12.4. The fourth-order valence-electron chi connectivity index (χ4n) is 3.04. The van der Waals surface area contributed by atoms with E-state index in [9.17, 15) is 18.0 Å². The second-order valence-corrected chi connectivity index (χ2v) is 7.69. The van der Waals surface area contributed by atoms with Gasteiger partial charge in [-0.3, -0.25) is 14.7 Å². The molecule has 0 unspecified atom stereocenters. The summed E-state index contributed by atoms with van der Waals surface area (Å²) >= 11 is 1.58. The lowest BCUT2D eigenvalue weighted by Gasteiger charge is -2.34. The number of hydrogen-bond donors (Lipinski definition) is 0. The second-order valence-electron chi connectivity index (χ2n) is 6.70. The van der Waals surface area contributed by atoms with E-state index in [0.717, 1.165) is 30.0 Å². The lowest BCUT2D eigenvalue weighted by atomic mass is 10.2. The molecular weight excluding hydrogens is 403 g/mol. The number of ether oxygens (including phenoxy) is 1. The molecule has 1 aliphatic rings. The van der Waals surface area contributed by atoms with Crippen molar-refractivity contribution in [1.29, 1.82) is 0 Å². The van der Waals surface area contributed by atoms with Crippen LogP contribution in [0, 0.1) is 0 Å². The van der Waals surface area contributed by atoms with Crippen LogP contribution in [-0.2, 0) is 17.1 Å². The van der Waals surface area contributed by atoms with Crippen molar-refractivity contribution in [1.82, 2.24) is 14.8 Å². The maximum atomic E-state index is 12.4. The number of halogens is 3. The van der Waals surface area contributed by atoms with Crippen molar-refractivity contribution in [3.8, 4) is 5.75 Å². The zero-order valence-corrected chi connectivity index (χ0v) is 16.6. The number of piperazine rings is 1. The molecule has 3 rings (SSSR count). The minimum atomic E-state index is -4.68. The Hall–Kier alpha value is -2.26. The molecule has 2 aromatic rings. The van der Waals surface area contributed by atoms with Crippen LogP contribution in [0.3, 0.4) is 0 Å². The molecule has 1 amide bonds. The largest absolute Gasteiger partial charge is 0.573 e. The standard InChI is InChI=1S/C20H22F3N3O2S/c21-20(22,23)28-18-5-3-16(4-6-18)13-25-8-10-26(11-9-25)19(27)15-29-14-17-2-1-7-24-12-17/h1-7,12H,8-11,13-15H2. The van der Waals surface area contributed by atoms with Gasteiger partial charge in [-0.15, -0.1) is 24.9 Å². The summed E-state index contributed by atoms with van der Waals surface area (Å²) in [6, 6.07) is 9.78. The van der Waals surface area contributed by atoms with Crippen LogP contribution in [0.2, 0.25) is 0 Å². The van der Waals surface area contributed by atoms with Gasteiger partial charge in [0, 0.05) is 50.9 Å². The summed E-state index contributed by atoms with van der Waals surface area (Å²) in [5, 5.41) is 0. The molecule has 156 valence electrons. The first kappa shape index (κ1) is 21.4. The number of amides is 1. The van der Waals surface area contributed by atoms with Crippen molar-refractivity contribution >= 4 is 17.7 Å². The fraction of sp³-hybridized carbons (Fsp3) is 0.400. The van der Waals surface area contributed by atoms with Crippen molar-refractivity contribution in [2.45, 2.75) is 18.7 Å². The number of hydrogen-bond acceptors (Lipinski definition) is 5. The zero-order chi connectivity index (χ0) is 20.7. The molecule has 1 aliphatic heterocycles. The Labute approximate surface area is 171 Å². The van der Waals surface area contributed by atoms with E-state index in [1.807, 2.05) is 17.0 Å². The summed E-state index contributed by atoms with van der Waals surface area (Å²) in [4.78, 5) is 20.5. The van der Waals surface area contributed by atoms with Crippen LogP contribution in [0.15, 0.2) is 48.8 Å². The van der Waals surface area contributed by atoms with Crippen molar-refractivity contribution in [2.75, 3.05) is 31.9 Å². The van der Waals surface area contributed by atoms with Gasteiger partial charge in [0.05, 0.1) is 5.75 Å². The minimum Gasteiger partial charge on any atom is -0.406 e. The average Bonchev–Trinajstić information content (AvgIpc) is 2.70. The Morgan fingerprint density at radius 3 is 2.41 bits per heavy atom. The van der Waals surface area contributed by atoms with Gasteiger partial charge in [0.2, 0.25) is 5.91 Å². The molecule has 0 spiro atoms. The minimum absolute atomic E-state index is 0.132. The third-order valence-electron chi connectivity index (χ3n) is 4.51. The Kier molecular flexibility index (Phi) is 7.38. The second kappa shape index (κ2) is 9.98. The van der Waals surface area contributed by atoms with Crippen molar-refractivity contribution < 1.29 is 22.7 Å². The first-order valence-electron chi connectivity index (χ1n) is 9.20. The van der Waals surface area contributed by atoms with E-state index in [1.54, 1.807) is 36.3 Å². The molecule has 0 N–H and O–H groups in total. The number of carbonyl (C=O) groups excluding carboxylic acids is 1. The van der Waals surface area contributed by atoms with Crippen LogP contribution in [-0.4, -0.2) is 59.0 Å². The van der Waals surface area contributed by atoms with Crippen LogP contribution < -0.4 is 4.74 Å². The molecule has 1 aromatic heterocycles. The monoisotopic (exact) mass is 425 g/mol. The number of nitrogens with zero attached hydrogens (tertiary/aromatic N) is 3. The van der Waals surface area contributed by atoms with Gasteiger partial charge in [-0.25, -0.2) is 0 Å². The van der Waals surface area contributed by atoms with E-state index in [0.29, 0.717) is 25.4 Å². The maximum Gasteiger partial charge on any atom is 0.573 e. The van der Waals surface area contributed by atoms with Gasteiger partial charge in [0.15, 0.2) is 0 Å². The summed E-state index contributed by atoms with van der Waals surface area (Å²) in [6.07, 6.45) is -1.15. The topological polar surface area (TPSA) is 45.7 Å². The molecule has 0 atom stereocenters. The van der Waals surface area contributed by atoms with Gasteiger partial charge < -0.3 is 9.64 Å². The zero-order valence-electron chi connectivity index (χ0n) is 15.8. The highest BCUT2D eigenvalue weighted by atomic mass is 32.2. The number of benzene rings is 1. The predicted octanol–water partition coefficient (Wildman–Crippen LogP) is 3.56. The molecule has 0 radical (unpaired) electrons. The quantitative estimate of drug-likeness (QED) is 0.679. The summed E-state index contributed by atoms with van der Waals surface area (Å²) in [6.45, 7) is 3.41. The van der Waals surface area contributed by atoms with Gasteiger partial charge in [-0.2, -0.15) is 0 Å². The molecule has 1 saturated heterocycles. The van der Waals surface area contributed by atoms with Crippen LogP contribution in [0.1, 0.15) is 11.1 Å². The highest BCUT2D eigenvalue weighted by Gasteiger charge is 2.31.